The fraction of sp³-hybridized carbons (Fsp3) is 0.350. The van der Waals surface area contributed by atoms with Crippen LogP contribution in [0.5, 0.6) is 0 Å². The number of amides is 1. The SMILES string of the molecule is O=C(c1c(F)cccc1F)N1CCC2(CC1)OCCN2S(=O)(=O)c1ccccc1. The average Bonchev–Trinajstić information content (AvgIpc) is 3.13. The molecular formula is C20H20F2N2O4S. The Balaban J connectivity index is 1.54. The van der Waals surface area contributed by atoms with E-state index >= 15 is 0 Å². The molecule has 0 atom stereocenters. The van der Waals surface area contributed by atoms with Crippen LogP contribution in [0.2, 0.25) is 0 Å². The van der Waals surface area contributed by atoms with Crippen LogP contribution in [0, 0.1) is 11.6 Å². The summed E-state index contributed by atoms with van der Waals surface area (Å²) in [5.41, 5.74) is -1.65. The van der Waals surface area contributed by atoms with Crippen molar-refractivity contribution in [3.63, 3.8) is 0 Å². The maximum absolute atomic E-state index is 14.0. The summed E-state index contributed by atoms with van der Waals surface area (Å²) in [7, 11) is -3.77. The number of hydrogen-bond donors (Lipinski definition) is 0. The summed E-state index contributed by atoms with van der Waals surface area (Å²) in [6, 6.07) is 11.4. The van der Waals surface area contributed by atoms with Crippen molar-refractivity contribution in [1.29, 1.82) is 0 Å². The lowest BCUT2D eigenvalue weighted by molar-refractivity contribution is -0.0857. The lowest BCUT2D eigenvalue weighted by Crippen LogP contribution is -2.55. The molecule has 2 heterocycles. The van der Waals surface area contributed by atoms with Crippen LogP contribution < -0.4 is 0 Å². The van der Waals surface area contributed by atoms with Gasteiger partial charge < -0.3 is 9.64 Å². The summed E-state index contributed by atoms with van der Waals surface area (Å²) in [4.78, 5) is 14.1. The third kappa shape index (κ3) is 3.43. The van der Waals surface area contributed by atoms with Gasteiger partial charge in [0.1, 0.15) is 22.9 Å². The molecule has 0 N–H and O–H groups in total. The Hall–Kier alpha value is -2.36. The molecule has 1 amide bonds. The first-order chi connectivity index (χ1) is 13.8. The molecular weight excluding hydrogens is 402 g/mol. The predicted molar refractivity (Wildman–Crippen MR) is 101 cm³/mol. The summed E-state index contributed by atoms with van der Waals surface area (Å²) in [6.07, 6.45) is 0.446. The number of rotatable bonds is 3. The van der Waals surface area contributed by atoms with Crippen molar-refractivity contribution in [1.82, 2.24) is 9.21 Å². The highest BCUT2D eigenvalue weighted by Crippen LogP contribution is 2.38. The van der Waals surface area contributed by atoms with Crippen LogP contribution >= 0.6 is 0 Å². The van der Waals surface area contributed by atoms with E-state index in [-0.39, 0.29) is 44.0 Å². The van der Waals surface area contributed by atoms with Crippen molar-refractivity contribution in [2.75, 3.05) is 26.2 Å². The number of carbonyl (C=O) groups excluding carboxylic acids is 1. The van der Waals surface area contributed by atoms with Crippen LogP contribution in [0.1, 0.15) is 23.2 Å². The summed E-state index contributed by atoms with van der Waals surface area (Å²) in [5, 5.41) is 0. The zero-order valence-corrected chi connectivity index (χ0v) is 16.4. The first kappa shape index (κ1) is 19.9. The number of likely N-dealkylation sites (tertiary alicyclic amines) is 1. The van der Waals surface area contributed by atoms with Gasteiger partial charge in [0.25, 0.3) is 5.91 Å². The molecule has 0 unspecified atom stereocenters. The highest BCUT2D eigenvalue weighted by molar-refractivity contribution is 7.89. The normalized spacial score (nSPS) is 19.6. The van der Waals surface area contributed by atoms with E-state index in [2.05, 4.69) is 0 Å². The van der Waals surface area contributed by atoms with Crippen molar-refractivity contribution in [2.24, 2.45) is 0 Å². The molecule has 2 saturated heterocycles. The van der Waals surface area contributed by atoms with Gasteiger partial charge in [0.05, 0.1) is 11.5 Å². The highest BCUT2D eigenvalue weighted by Gasteiger charge is 2.51. The van der Waals surface area contributed by atoms with Gasteiger partial charge >= 0.3 is 0 Å². The molecule has 6 nitrogen and oxygen atoms in total. The molecule has 2 fully saturated rings. The smallest absolute Gasteiger partial charge is 0.259 e. The number of halogens is 2. The fourth-order valence-corrected chi connectivity index (χ4v) is 5.71. The predicted octanol–water partition coefficient (Wildman–Crippen LogP) is 2.62. The minimum atomic E-state index is -3.77. The number of nitrogens with zero attached hydrogens (tertiary/aromatic N) is 2. The van der Waals surface area contributed by atoms with E-state index in [9.17, 15) is 22.0 Å². The van der Waals surface area contributed by atoms with Gasteiger partial charge in [0.15, 0.2) is 0 Å². The third-order valence-electron chi connectivity index (χ3n) is 5.46. The Bertz CT molecular complexity index is 1000. The van der Waals surface area contributed by atoms with Gasteiger partial charge in [0.2, 0.25) is 10.0 Å². The minimum absolute atomic E-state index is 0.132. The third-order valence-corrected chi connectivity index (χ3v) is 7.42. The maximum atomic E-state index is 14.0. The largest absolute Gasteiger partial charge is 0.358 e. The van der Waals surface area contributed by atoms with E-state index in [4.69, 9.17) is 4.74 Å². The van der Waals surface area contributed by atoms with Crippen molar-refractivity contribution in [2.45, 2.75) is 23.5 Å². The lowest BCUT2D eigenvalue weighted by Gasteiger charge is -2.42. The maximum Gasteiger partial charge on any atom is 0.259 e. The molecule has 0 aliphatic carbocycles. The molecule has 1 spiro atoms. The molecule has 9 heteroatoms. The molecule has 0 radical (unpaired) electrons. The molecule has 0 bridgehead atoms. The van der Waals surface area contributed by atoms with E-state index in [1.54, 1.807) is 18.2 Å². The summed E-state index contributed by atoms with van der Waals surface area (Å²) in [6.45, 7) is 0.732. The van der Waals surface area contributed by atoms with Gasteiger partial charge in [-0.1, -0.05) is 24.3 Å². The summed E-state index contributed by atoms with van der Waals surface area (Å²) < 4.78 is 61.3. The first-order valence-electron chi connectivity index (χ1n) is 9.30. The Kier molecular flexibility index (Phi) is 5.14. The molecule has 0 saturated carbocycles. The van der Waals surface area contributed by atoms with Crippen molar-refractivity contribution in [3.8, 4) is 0 Å². The number of hydrogen-bond acceptors (Lipinski definition) is 4. The monoisotopic (exact) mass is 422 g/mol. The summed E-state index contributed by atoms with van der Waals surface area (Å²) >= 11 is 0. The van der Waals surface area contributed by atoms with Crippen LogP contribution in [0.15, 0.2) is 53.4 Å². The van der Waals surface area contributed by atoms with Gasteiger partial charge in [-0.05, 0) is 24.3 Å². The standard InChI is InChI=1S/C20H20F2N2O4S/c21-16-7-4-8-17(22)18(16)19(25)23-11-9-20(10-12-23)24(13-14-28-20)29(26,27)15-5-2-1-3-6-15/h1-8H,9-14H2. The lowest BCUT2D eigenvalue weighted by atomic mass is 9.99. The fourth-order valence-electron chi connectivity index (χ4n) is 3.97. The van der Waals surface area contributed by atoms with Gasteiger partial charge in [-0.3, -0.25) is 4.79 Å². The zero-order chi connectivity index (χ0) is 20.6. The molecule has 2 aliphatic rings. The van der Waals surface area contributed by atoms with E-state index in [0.717, 1.165) is 12.1 Å². The second-order valence-electron chi connectivity index (χ2n) is 7.07. The molecule has 4 rings (SSSR count). The number of piperidine rings is 1. The Labute approximate surface area is 167 Å². The van der Waals surface area contributed by atoms with Crippen molar-refractivity contribution < 1.29 is 26.7 Å². The molecule has 29 heavy (non-hydrogen) atoms. The van der Waals surface area contributed by atoms with Gasteiger partial charge in [-0.2, -0.15) is 4.31 Å². The van der Waals surface area contributed by atoms with Crippen LogP contribution in [-0.4, -0.2) is 55.5 Å². The Morgan fingerprint density at radius 3 is 2.17 bits per heavy atom. The minimum Gasteiger partial charge on any atom is -0.358 e. The second-order valence-corrected chi connectivity index (χ2v) is 8.94. The molecule has 2 aliphatic heterocycles. The Morgan fingerprint density at radius 1 is 0.931 bits per heavy atom. The molecule has 2 aromatic rings. The van der Waals surface area contributed by atoms with Gasteiger partial charge in [-0.15, -0.1) is 0 Å². The number of sulfonamides is 1. The van der Waals surface area contributed by atoms with E-state index in [1.165, 1.54) is 27.4 Å². The zero-order valence-electron chi connectivity index (χ0n) is 15.6. The molecule has 2 aromatic carbocycles. The van der Waals surface area contributed by atoms with E-state index < -0.39 is 38.9 Å². The van der Waals surface area contributed by atoms with Gasteiger partial charge in [-0.25, -0.2) is 17.2 Å². The van der Waals surface area contributed by atoms with Gasteiger partial charge in [0, 0.05) is 32.5 Å². The quantitative estimate of drug-likeness (QED) is 0.763. The second kappa shape index (κ2) is 7.47. The topological polar surface area (TPSA) is 66.9 Å². The van der Waals surface area contributed by atoms with Crippen LogP contribution in [-0.2, 0) is 14.8 Å². The number of benzene rings is 2. The van der Waals surface area contributed by atoms with Crippen LogP contribution in [0.25, 0.3) is 0 Å². The highest BCUT2D eigenvalue weighted by atomic mass is 32.2. The van der Waals surface area contributed by atoms with E-state index in [0.29, 0.717) is 0 Å². The van der Waals surface area contributed by atoms with Crippen molar-refractivity contribution in [3.05, 3.63) is 65.7 Å². The average molecular weight is 422 g/mol. The summed E-state index contributed by atoms with van der Waals surface area (Å²) in [5.74, 6) is -2.58. The van der Waals surface area contributed by atoms with E-state index in [1.807, 2.05) is 0 Å². The molecule has 0 aromatic heterocycles. The first-order valence-corrected chi connectivity index (χ1v) is 10.7. The number of ether oxygens (including phenoxy) is 1. The molecule has 154 valence electrons. The van der Waals surface area contributed by atoms with Crippen molar-refractivity contribution >= 4 is 15.9 Å². The van der Waals surface area contributed by atoms with Crippen LogP contribution in [0.4, 0.5) is 8.78 Å². The Morgan fingerprint density at radius 2 is 1.55 bits per heavy atom. The van der Waals surface area contributed by atoms with Crippen LogP contribution in [0.3, 0.4) is 0 Å². The number of carbonyl (C=O) groups is 1.